The number of hydrogen-bond acceptors (Lipinski definition) is 5. The van der Waals surface area contributed by atoms with Gasteiger partial charge in [0, 0.05) is 17.4 Å². The topological polar surface area (TPSA) is 52.6 Å². The maximum Gasteiger partial charge on any atom is 0.347 e. The van der Waals surface area contributed by atoms with Gasteiger partial charge in [0.15, 0.2) is 0 Å². The molecule has 1 fully saturated rings. The van der Waals surface area contributed by atoms with E-state index in [2.05, 4.69) is 0 Å². The van der Waals surface area contributed by atoms with Crippen LogP contribution in [-0.2, 0) is 19.1 Å². The molecule has 2 rings (SSSR count). The lowest BCUT2D eigenvalue weighted by molar-refractivity contribution is -0.156. The highest BCUT2D eigenvalue weighted by Gasteiger charge is 2.29. The average Bonchev–Trinajstić information content (AvgIpc) is 2.82. The van der Waals surface area contributed by atoms with Crippen LogP contribution in [0.1, 0.15) is 12.0 Å². The Bertz CT molecular complexity index is 493. The van der Waals surface area contributed by atoms with E-state index in [1.807, 2.05) is 30.5 Å². The van der Waals surface area contributed by atoms with E-state index in [0.29, 0.717) is 13.0 Å². The summed E-state index contributed by atoms with van der Waals surface area (Å²) in [6, 6.07) is 7.78. The molecule has 4 nitrogen and oxygen atoms in total. The number of hydrogen-bond donors (Lipinski definition) is 0. The van der Waals surface area contributed by atoms with E-state index in [1.165, 1.54) is 6.08 Å². The van der Waals surface area contributed by atoms with Gasteiger partial charge in [-0.2, -0.15) is 0 Å². The van der Waals surface area contributed by atoms with Gasteiger partial charge in [-0.3, -0.25) is 0 Å². The van der Waals surface area contributed by atoms with Crippen LogP contribution in [0.5, 0.6) is 0 Å². The lowest BCUT2D eigenvalue weighted by atomic mass is 10.2. The predicted octanol–water partition coefficient (Wildman–Crippen LogP) is 2.28. The second-order valence-corrected chi connectivity index (χ2v) is 4.87. The Morgan fingerprint density at radius 2 is 2.16 bits per heavy atom. The minimum atomic E-state index is -0.754. The molecule has 1 aromatic carbocycles. The van der Waals surface area contributed by atoms with E-state index in [9.17, 15) is 9.59 Å². The first-order valence-electron chi connectivity index (χ1n) is 5.88. The first kappa shape index (κ1) is 13.7. The standard InChI is InChI=1S/C14H14O4S/c1-19-11-5-2-10(3-6-11)4-7-13(15)18-12-8-9-17-14(12)16/h2-7,12H,8-9H2,1H3/b7-4+/t12-/m0/s1. The molecule has 1 heterocycles. The van der Waals surface area contributed by atoms with Crippen molar-refractivity contribution < 1.29 is 19.1 Å². The molecule has 0 bridgehead atoms. The molecule has 0 radical (unpaired) electrons. The Morgan fingerprint density at radius 3 is 2.74 bits per heavy atom. The van der Waals surface area contributed by atoms with Crippen LogP contribution < -0.4 is 0 Å². The average molecular weight is 278 g/mol. The van der Waals surface area contributed by atoms with Crippen LogP contribution in [0.25, 0.3) is 6.08 Å². The summed E-state index contributed by atoms with van der Waals surface area (Å²) in [6.45, 7) is 0.316. The highest BCUT2D eigenvalue weighted by molar-refractivity contribution is 7.98. The van der Waals surface area contributed by atoms with Crippen molar-refractivity contribution in [1.82, 2.24) is 0 Å². The zero-order valence-corrected chi connectivity index (χ0v) is 11.3. The van der Waals surface area contributed by atoms with Crippen molar-refractivity contribution in [2.24, 2.45) is 0 Å². The Kier molecular flexibility index (Phi) is 4.63. The minimum Gasteiger partial charge on any atom is -0.463 e. The Balaban J connectivity index is 1.90. The minimum absolute atomic E-state index is 0.316. The molecular weight excluding hydrogens is 264 g/mol. The summed E-state index contributed by atoms with van der Waals surface area (Å²) in [5.74, 6) is -0.996. The lowest BCUT2D eigenvalue weighted by Crippen LogP contribution is -2.21. The molecule has 1 atom stereocenters. The maximum absolute atomic E-state index is 11.5. The second kappa shape index (κ2) is 6.43. The summed E-state index contributed by atoms with van der Waals surface area (Å²) in [7, 11) is 0. The van der Waals surface area contributed by atoms with Gasteiger partial charge in [0.05, 0.1) is 6.61 Å². The van der Waals surface area contributed by atoms with Gasteiger partial charge < -0.3 is 9.47 Å². The number of ether oxygens (including phenoxy) is 2. The third-order valence-corrected chi connectivity index (χ3v) is 3.42. The van der Waals surface area contributed by atoms with Crippen LogP contribution in [0.15, 0.2) is 35.2 Å². The smallest absolute Gasteiger partial charge is 0.347 e. The number of esters is 2. The van der Waals surface area contributed by atoms with Gasteiger partial charge in [-0.15, -0.1) is 11.8 Å². The number of thioether (sulfide) groups is 1. The largest absolute Gasteiger partial charge is 0.463 e. The van der Waals surface area contributed by atoms with E-state index in [-0.39, 0.29) is 0 Å². The molecule has 100 valence electrons. The van der Waals surface area contributed by atoms with Crippen LogP contribution >= 0.6 is 11.8 Å². The van der Waals surface area contributed by atoms with Crippen molar-refractivity contribution in [3.63, 3.8) is 0 Å². The van der Waals surface area contributed by atoms with Gasteiger partial charge in [0.2, 0.25) is 6.10 Å². The number of carbonyl (C=O) groups is 2. The summed E-state index contributed by atoms with van der Waals surface area (Å²) < 4.78 is 9.70. The fourth-order valence-electron chi connectivity index (χ4n) is 1.64. The SMILES string of the molecule is CSc1ccc(/C=C/C(=O)O[C@H]2CCOC2=O)cc1. The van der Waals surface area contributed by atoms with Crippen molar-refractivity contribution in [1.29, 1.82) is 0 Å². The Morgan fingerprint density at radius 1 is 1.42 bits per heavy atom. The van der Waals surface area contributed by atoms with Gasteiger partial charge in [-0.25, -0.2) is 9.59 Å². The lowest BCUT2D eigenvalue weighted by Gasteiger charge is -2.05. The van der Waals surface area contributed by atoms with Crippen LogP contribution in [-0.4, -0.2) is 30.9 Å². The summed E-state index contributed by atoms with van der Waals surface area (Å²) >= 11 is 1.66. The van der Waals surface area contributed by atoms with Crippen molar-refractivity contribution in [3.8, 4) is 0 Å². The Hall–Kier alpha value is -1.75. The van der Waals surface area contributed by atoms with E-state index < -0.39 is 18.0 Å². The molecule has 1 aromatic rings. The summed E-state index contributed by atoms with van der Waals surface area (Å²) in [5, 5.41) is 0. The molecule has 1 aliphatic heterocycles. The molecule has 5 heteroatoms. The third kappa shape index (κ3) is 3.86. The molecule has 0 amide bonds. The monoisotopic (exact) mass is 278 g/mol. The molecule has 0 unspecified atom stereocenters. The summed E-state index contributed by atoms with van der Waals surface area (Å²) in [6.07, 6.45) is 4.66. The van der Waals surface area contributed by atoms with Gasteiger partial charge in [0.1, 0.15) is 0 Å². The fraction of sp³-hybridized carbons (Fsp3) is 0.286. The van der Waals surface area contributed by atoms with Crippen LogP contribution in [0.3, 0.4) is 0 Å². The Labute approximate surface area is 115 Å². The normalized spacial score (nSPS) is 18.6. The first-order chi connectivity index (χ1) is 9.19. The second-order valence-electron chi connectivity index (χ2n) is 3.99. The molecule has 19 heavy (non-hydrogen) atoms. The van der Waals surface area contributed by atoms with Gasteiger partial charge >= 0.3 is 11.9 Å². The molecule has 0 aromatic heterocycles. The summed E-state index contributed by atoms with van der Waals surface area (Å²) in [4.78, 5) is 23.8. The van der Waals surface area contributed by atoms with E-state index in [0.717, 1.165) is 10.5 Å². The van der Waals surface area contributed by atoms with Crippen molar-refractivity contribution >= 4 is 29.8 Å². The number of benzene rings is 1. The molecule has 0 saturated carbocycles. The zero-order valence-electron chi connectivity index (χ0n) is 10.5. The van der Waals surface area contributed by atoms with Gasteiger partial charge in [-0.1, -0.05) is 12.1 Å². The van der Waals surface area contributed by atoms with Crippen molar-refractivity contribution in [2.45, 2.75) is 17.4 Å². The van der Waals surface area contributed by atoms with Crippen molar-refractivity contribution in [3.05, 3.63) is 35.9 Å². The number of cyclic esters (lactones) is 1. The van der Waals surface area contributed by atoms with E-state index >= 15 is 0 Å². The van der Waals surface area contributed by atoms with E-state index in [1.54, 1.807) is 17.8 Å². The van der Waals surface area contributed by atoms with Crippen LogP contribution in [0.4, 0.5) is 0 Å². The van der Waals surface area contributed by atoms with Crippen LogP contribution in [0, 0.1) is 0 Å². The molecule has 0 aliphatic carbocycles. The fourth-order valence-corrected chi connectivity index (χ4v) is 2.05. The summed E-state index contributed by atoms with van der Waals surface area (Å²) in [5.41, 5.74) is 0.906. The first-order valence-corrected chi connectivity index (χ1v) is 7.11. The van der Waals surface area contributed by atoms with Crippen molar-refractivity contribution in [2.75, 3.05) is 12.9 Å². The molecule has 0 spiro atoms. The molecular formula is C14H14O4S. The number of rotatable bonds is 4. The van der Waals surface area contributed by atoms with Gasteiger partial charge in [-0.05, 0) is 30.0 Å². The number of carbonyl (C=O) groups excluding carboxylic acids is 2. The highest BCUT2D eigenvalue weighted by atomic mass is 32.2. The third-order valence-electron chi connectivity index (χ3n) is 2.67. The van der Waals surface area contributed by atoms with Crippen LogP contribution in [0.2, 0.25) is 0 Å². The zero-order chi connectivity index (χ0) is 13.7. The highest BCUT2D eigenvalue weighted by Crippen LogP contribution is 2.16. The predicted molar refractivity (Wildman–Crippen MR) is 72.7 cm³/mol. The molecule has 1 saturated heterocycles. The van der Waals surface area contributed by atoms with E-state index in [4.69, 9.17) is 9.47 Å². The maximum atomic E-state index is 11.5. The quantitative estimate of drug-likeness (QED) is 0.480. The molecule has 1 aliphatic rings. The van der Waals surface area contributed by atoms with Gasteiger partial charge in [0.25, 0.3) is 0 Å². The molecule has 0 N–H and O–H groups in total.